The zero-order chi connectivity index (χ0) is 18.6. The maximum Gasteiger partial charge on any atom is 0.316 e. The predicted octanol–water partition coefficient (Wildman–Crippen LogP) is 5.09. The average Bonchev–Trinajstić information content (AvgIpc) is 2.65. The number of ether oxygens (including phenoxy) is 3. The summed E-state index contributed by atoms with van der Waals surface area (Å²) in [6, 6.07) is 0. The van der Waals surface area contributed by atoms with Gasteiger partial charge in [0.1, 0.15) is 11.5 Å². The molecule has 0 unspecified atom stereocenters. The molecule has 4 heteroatoms. The van der Waals surface area contributed by atoms with E-state index in [4.69, 9.17) is 14.2 Å². The van der Waals surface area contributed by atoms with Gasteiger partial charge in [0.2, 0.25) is 0 Å². The van der Waals surface area contributed by atoms with Gasteiger partial charge in [-0.2, -0.15) is 0 Å². The van der Waals surface area contributed by atoms with Crippen LogP contribution in [0.15, 0.2) is 0 Å². The van der Waals surface area contributed by atoms with Crippen LogP contribution in [0.5, 0.6) is 0 Å². The molecule has 0 aromatic heterocycles. The van der Waals surface area contributed by atoms with Crippen LogP contribution in [-0.2, 0) is 19.0 Å². The molecule has 1 saturated heterocycles. The molecule has 0 radical (unpaired) electrons. The van der Waals surface area contributed by atoms with Crippen molar-refractivity contribution in [3.63, 3.8) is 0 Å². The molecule has 0 atom stereocenters. The Labute approximate surface area is 159 Å². The van der Waals surface area contributed by atoms with Gasteiger partial charge in [-0.15, -0.1) is 0 Å². The van der Waals surface area contributed by atoms with E-state index >= 15 is 0 Å². The second-order valence-electron chi connectivity index (χ2n) is 9.41. The molecule has 0 spiro atoms. The van der Waals surface area contributed by atoms with E-state index in [9.17, 15) is 4.79 Å². The first-order chi connectivity index (χ1) is 12.5. The van der Waals surface area contributed by atoms with Crippen LogP contribution in [0.2, 0.25) is 0 Å². The first-order valence-corrected chi connectivity index (χ1v) is 10.9. The first-order valence-electron chi connectivity index (χ1n) is 10.9. The third-order valence-electron chi connectivity index (χ3n) is 6.83. The molecule has 3 rings (SSSR count). The lowest BCUT2D eigenvalue weighted by molar-refractivity contribution is -0.254. The number of hydrogen-bond acceptors (Lipinski definition) is 4. The van der Waals surface area contributed by atoms with Crippen molar-refractivity contribution in [2.75, 3.05) is 13.2 Å². The van der Waals surface area contributed by atoms with Gasteiger partial charge >= 0.3 is 5.97 Å². The molecule has 150 valence electrons. The van der Waals surface area contributed by atoms with Gasteiger partial charge in [-0.25, -0.2) is 0 Å². The lowest BCUT2D eigenvalue weighted by Crippen LogP contribution is -2.49. The van der Waals surface area contributed by atoms with E-state index < -0.39 is 5.41 Å². The summed E-state index contributed by atoms with van der Waals surface area (Å²) in [5.41, 5.74) is -0.654. The fourth-order valence-electron chi connectivity index (χ4n) is 4.81. The minimum absolute atomic E-state index is 0.0853. The van der Waals surface area contributed by atoms with Crippen LogP contribution in [0.25, 0.3) is 0 Å². The first kappa shape index (κ1) is 20.1. The molecule has 0 aromatic rings. The maximum absolute atomic E-state index is 12.7. The molecule has 3 fully saturated rings. The van der Waals surface area contributed by atoms with Gasteiger partial charge in [-0.3, -0.25) is 4.79 Å². The van der Waals surface area contributed by atoms with Crippen LogP contribution in [0.3, 0.4) is 0 Å². The smallest absolute Gasteiger partial charge is 0.316 e. The van der Waals surface area contributed by atoms with Crippen molar-refractivity contribution in [1.29, 1.82) is 0 Å². The van der Waals surface area contributed by atoms with Crippen molar-refractivity contribution in [3.05, 3.63) is 0 Å². The fourth-order valence-corrected chi connectivity index (χ4v) is 4.81. The number of esters is 1. The van der Waals surface area contributed by atoms with E-state index in [1.807, 2.05) is 6.92 Å². The van der Waals surface area contributed by atoms with Crippen LogP contribution in [0, 0.1) is 23.2 Å². The Balaban J connectivity index is 1.42. The Hall–Kier alpha value is -0.610. The lowest BCUT2D eigenvalue weighted by atomic mass is 9.79. The number of carbonyl (C=O) groups is 1. The second-order valence-corrected chi connectivity index (χ2v) is 9.41. The zero-order valence-corrected chi connectivity index (χ0v) is 17.0. The van der Waals surface area contributed by atoms with Gasteiger partial charge in [0.25, 0.3) is 0 Å². The summed E-state index contributed by atoms with van der Waals surface area (Å²) in [6.45, 7) is 7.32. The molecule has 4 nitrogen and oxygen atoms in total. The Bertz CT molecular complexity index is 439. The van der Waals surface area contributed by atoms with E-state index in [-0.39, 0.29) is 18.4 Å². The van der Waals surface area contributed by atoms with Gasteiger partial charge in [0.05, 0.1) is 13.2 Å². The number of rotatable bonds is 5. The highest BCUT2D eigenvalue weighted by molar-refractivity contribution is 5.77. The highest BCUT2D eigenvalue weighted by Gasteiger charge is 2.44. The van der Waals surface area contributed by atoms with Crippen molar-refractivity contribution in [3.8, 4) is 0 Å². The summed E-state index contributed by atoms with van der Waals surface area (Å²) in [5, 5.41) is 0. The summed E-state index contributed by atoms with van der Waals surface area (Å²) in [6.07, 6.45) is 11.9. The lowest BCUT2D eigenvalue weighted by Gasteiger charge is -2.41. The SMILES string of the molecule is CCCC1CCC(C2OCC(C)(C(=O)OC3CCC(C)CC3)CO2)CC1. The second kappa shape index (κ2) is 9.05. The molecule has 0 bridgehead atoms. The number of carbonyl (C=O) groups excluding carboxylic acids is 1. The van der Waals surface area contributed by atoms with E-state index in [0.717, 1.165) is 37.5 Å². The normalized spacial score (nSPS) is 41.6. The molecule has 3 aliphatic rings. The van der Waals surface area contributed by atoms with Crippen molar-refractivity contribution >= 4 is 5.97 Å². The van der Waals surface area contributed by atoms with Crippen LogP contribution in [0.1, 0.15) is 85.0 Å². The fraction of sp³-hybridized carbons (Fsp3) is 0.955. The summed E-state index contributed by atoms with van der Waals surface area (Å²) >= 11 is 0. The average molecular weight is 367 g/mol. The highest BCUT2D eigenvalue weighted by Crippen LogP contribution is 2.38. The Kier molecular flexibility index (Phi) is 7.01. The van der Waals surface area contributed by atoms with E-state index in [0.29, 0.717) is 19.1 Å². The van der Waals surface area contributed by atoms with Gasteiger partial charge in [0.15, 0.2) is 6.29 Å². The molecule has 2 saturated carbocycles. The largest absolute Gasteiger partial charge is 0.462 e. The Morgan fingerprint density at radius 2 is 1.62 bits per heavy atom. The highest BCUT2D eigenvalue weighted by atomic mass is 16.7. The van der Waals surface area contributed by atoms with Crippen molar-refractivity contribution in [1.82, 2.24) is 0 Å². The van der Waals surface area contributed by atoms with Gasteiger partial charge in [0, 0.05) is 5.92 Å². The van der Waals surface area contributed by atoms with E-state index in [2.05, 4.69) is 13.8 Å². The third-order valence-corrected chi connectivity index (χ3v) is 6.83. The molecular weight excluding hydrogens is 328 g/mol. The predicted molar refractivity (Wildman–Crippen MR) is 102 cm³/mol. The van der Waals surface area contributed by atoms with Gasteiger partial charge in [-0.1, -0.05) is 26.7 Å². The maximum atomic E-state index is 12.7. The summed E-state index contributed by atoms with van der Waals surface area (Å²) < 4.78 is 17.9. The van der Waals surface area contributed by atoms with Crippen LogP contribution < -0.4 is 0 Å². The van der Waals surface area contributed by atoms with Crippen LogP contribution >= 0.6 is 0 Å². The van der Waals surface area contributed by atoms with E-state index in [1.165, 1.54) is 38.5 Å². The standard InChI is InChI=1S/C22H38O4/c1-4-5-17-8-10-18(11-9-17)20-24-14-22(3,15-25-20)21(23)26-19-12-6-16(2)7-13-19/h16-20H,4-15H2,1-3H3. The topological polar surface area (TPSA) is 44.8 Å². The molecule has 1 aliphatic heterocycles. The molecule has 1 heterocycles. The third kappa shape index (κ3) is 5.01. The molecule has 0 amide bonds. The quantitative estimate of drug-likeness (QED) is 0.636. The number of hydrogen-bond donors (Lipinski definition) is 0. The van der Waals surface area contributed by atoms with Crippen molar-refractivity contribution in [2.45, 2.75) is 97.4 Å². The summed E-state index contributed by atoms with van der Waals surface area (Å²) in [5.74, 6) is 2.00. The Morgan fingerprint density at radius 1 is 1.00 bits per heavy atom. The Morgan fingerprint density at radius 3 is 2.19 bits per heavy atom. The minimum atomic E-state index is -0.654. The summed E-state index contributed by atoms with van der Waals surface area (Å²) in [7, 11) is 0. The van der Waals surface area contributed by atoms with Gasteiger partial charge in [-0.05, 0) is 70.1 Å². The monoisotopic (exact) mass is 366 g/mol. The molecule has 2 aliphatic carbocycles. The minimum Gasteiger partial charge on any atom is -0.462 e. The molecule has 0 N–H and O–H groups in total. The van der Waals surface area contributed by atoms with Crippen LogP contribution in [0.4, 0.5) is 0 Å². The molecular formula is C22H38O4. The van der Waals surface area contributed by atoms with Crippen LogP contribution in [-0.4, -0.2) is 31.6 Å². The molecule has 0 aromatic carbocycles. The van der Waals surface area contributed by atoms with Gasteiger partial charge < -0.3 is 14.2 Å². The van der Waals surface area contributed by atoms with Crippen molar-refractivity contribution < 1.29 is 19.0 Å². The summed E-state index contributed by atoms with van der Waals surface area (Å²) in [4.78, 5) is 12.7. The zero-order valence-electron chi connectivity index (χ0n) is 17.0. The van der Waals surface area contributed by atoms with Crippen molar-refractivity contribution in [2.24, 2.45) is 23.2 Å². The van der Waals surface area contributed by atoms with E-state index in [1.54, 1.807) is 0 Å². The molecule has 26 heavy (non-hydrogen) atoms.